The fourth-order valence-electron chi connectivity index (χ4n) is 2.87. The Balaban J connectivity index is 1.81. The first kappa shape index (κ1) is 13.3. The molecule has 1 unspecified atom stereocenters. The minimum absolute atomic E-state index is 0.295. The molecule has 1 aliphatic heterocycles. The Morgan fingerprint density at radius 2 is 2.15 bits per heavy atom. The lowest BCUT2D eigenvalue weighted by Crippen LogP contribution is -2.40. The molecule has 1 atom stereocenters. The number of rotatable bonds is 5. The minimum atomic E-state index is -0.500. The fourth-order valence-corrected chi connectivity index (χ4v) is 2.87. The zero-order valence-corrected chi connectivity index (χ0v) is 11.6. The van der Waals surface area contributed by atoms with Gasteiger partial charge in [-0.2, -0.15) is 0 Å². The number of anilines is 1. The van der Waals surface area contributed by atoms with Gasteiger partial charge < -0.3 is 16.0 Å². The molecular formula is C14H21N5O. The molecule has 20 heavy (non-hydrogen) atoms. The van der Waals surface area contributed by atoms with Crippen LogP contribution in [0.2, 0.25) is 0 Å². The van der Waals surface area contributed by atoms with Crippen molar-refractivity contribution in [3.63, 3.8) is 0 Å². The summed E-state index contributed by atoms with van der Waals surface area (Å²) in [6, 6.07) is 0.492. The van der Waals surface area contributed by atoms with Gasteiger partial charge in [0.15, 0.2) is 11.5 Å². The molecule has 6 nitrogen and oxygen atoms in total. The molecule has 1 aliphatic carbocycles. The van der Waals surface area contributed by atoms with Gasteiger partial charge >= 0.3 is 0 Å². The topological polar surface area (TPSA) is 84.1 Å². The van der Waals surface area contributed by atoms with E-state index in [1.54, 1.807) is 6.20 Å². The molecule has 1 amide bonds. The van der Waals surface area contributed by atoms with Crippen LogP contribution in [-0.4, -0.2) is 41.6 Å². The van der Waals surface area contributed by atoms with Gasteiger partial charge in [0.05, 0.1) is 0 Å². The highest BCUT2D eigenvalue weighted by Crippen LogP contribution is 2.33. The summed E-state index contributed by atoms with van der Waals surface area (Å²) >= 11 is 0. The summed E-state index contributed by atoms with van der Waals surface area (Å²) < 4.78 is 0. The lowest BCUT2D eigenvalue weighted by atomic mass is 9.99. The van der Waals surface area contributed by atoms with E-state index in [2.05, 4.69) is 20.2 Å². The molecule has 1 aromatic rings. The molecule has 0 aromatic carbocycles. The number of nitrogens with one attached hydrogen (secondary N) is 1. The van der Waals surface area contributed by atoms with E-state index in [0.717, 1.165) is 32.5 Å². The van der Waals surface area contributed by atoms with Crippen LogP contribution < -0.4 is 16.0 Å². The predicted molar refractivity (Wildman–Crippen MR) is 76.5 cm³/mol. The van der Waals surface area contributed by atoms with Gasteiger partial charge in [-0.3, -0.25) is 4.79 Å². The Bertz CT molecular complexity index is 482. The molecule has 2 fully saturated rings. The number of carbonyl (C=O) groups excluding carboxylic acids is 1. The van der Waals surface area contributed by atoms with Gasteiger partial charge in [0.25, 0.3) is 5.91 Å². The van der Waals surface area contributed by atoms with Gasteiger partial charge in [0.2, 0.25) is 0 Å². The normalized spacial score (nSPS) is 22.5. The smallest absolute Gasteiger partial charge is 0.271 e. The van der Waals surface area contributed by atoms with Crippen molar-refractivity contribution in [1.82, 2.24) is 15.3 Å². The summed E-state index contributed by atoms with van der Waals surface area (Å²) in [6.07, 6.45) is 7.92. The van der Waals surface area contributed by atoms with Crippen molar-refractivity contribution in [2.45, 2.75) is 31.7 Å². The number of nitrogens with zero attached hydrogens (tertiary/aromatic N) is 3. The number of primary amides is 1. The highest BCUT2D eigenvalue weighted by molar-refractivity contribution is 5.95. The summed E-state index contributed by atoms with van der Waals surface area (Å²) in [5.74, 6) is 0.765. The number of nitrogens with two attached hydrogens (primary N) is 1. The van der Waals surface area contributed by atoms with Gasteiger partial charge in [0.1, 0.15) is 0 Å². The predicted octanol–water partition coefficient (Wildman–Crippen LogP) is 0.544. The Hall–Kier alpha value is -1.69. The Morgan fingerprint density at radius 1 is 1.35 bits per heavy atom. The third kappa shape index (κ3) is 2.90. The number of piperidine rings is 1. The summed E-state index contributed by atoms with van der Waals surface area (Å²) in [7, 11) is 0. The molecule has 1 saturated heterocycles. The molecule has 2 heterocycles. The number of hydrogen-bond acceptors (Lipinski definition) is 5. The zero-order valence-electron chi connectivity index (χ0n) is 11.6. The second kappa shape index (κ2) is 5.75. The van der Waals surface area contributed by atoms with E-state index in [1.807, 2.05) is 0 Å². The average molecular weight is 275 g/mol. The molecule has 0 radical (unpaired) electrons. The van der Waals surface area contributed by atoms with Crippen molar-refractivity contribution in [3.05, 3.63) is 18.1 Å². The second-order valence-electron chi connectivity index (χ2n) is 5.69. The van der Waals surface area contributed by atoms with Gasteiger partial charge in [-0.25, -0.2) is 9.97 Å². The Kier molecular flexibility index (Phi) is 3.82. The maximum Gasteiger partial charge on any atom is 0.271 e. The van der Waals surface area contributed by atoms with Crippen LogP contribution in [0, 0.1) is 5.92 Å². The maximum atomic E-state index is 11.5. The largest absolute Gasteiger partial charge is 0.364 e. The second-order valence-corrected chi connectivity index (χ2v) is 5.69. The van der Waals surface area contributed by atoms with E-state index >= 15 is 0 Å². The maximum absolute atomic E-state index is 11.5. The molecule has 2 aliphatic rings. The summed E-state index contributed by atoms with van der Waals surface area (Å²) in [4.78, 5) is 22.3. The van der Waals surface area contributed by atoms with Crippen molar-refractivity contribution < 1.29 is 4.79 Å². The van der Waals surface area contributed by atoms with Crippen LogP contribution in [-0.2, 0) is 0 Å². The monoisotopic (exact) mass is 275 g/mol. The zero-order chi connectivity index (χ0) is 13.9. The molecule has 0 bridgehead atoms. The molecule has 0 spiro atoms. The van der Waals surface area contributed by atoms with Crippen LogP contribution in [0.5, 0.6) is 0 Å². The molecule has 1 aromatic heterocycles. The van der Waals surface area contributed by atoms with Gasteiger partial charge in [-0.05, 0) is 44.7 Å². The van der Waals surface area contributed by atoms with Crippen molar-refractivity contribution in [1.29, 1.82) is 0 Å². The quantitative estimate of drug-likeness (QED) is 0.819. The molecule has 1 saturated carbocycles. The van der Waals surface area contributed by atoms with E-state index in [0.29, 0.717) is 23.5 Å². The number of aromatic nitrogens is 2. The van der Waals surface area contributed by atoms with Crippen LogP contribution in [0.4, 0.5) is 5.82 Å². The standard InChI is InChI=1S/C14H21N5O/c15-13(20)12-14(18-7-6-17-12)19(11-3-4-11)9-10-2-1-5-16-8-10/h6-7,10-11,16H,1-5,8-9H2,(H2,15,20). The first-order valence-corrected chi connectivity index (χ1v) is 7.34. The average Bonchev–Trinajstić information content (AvgIpc) is 3.30. The highest BCUT2D eigenvalue weighted by atomic mass is 16.1. The third-order valence-corrected chi connectivity index (χ3v) is 4.03. The molecular weight excluding hydrogens is 254 g/mol. The SMILES string of the molecule is NC(=O)c1nccnc1N(CC1CCCNC1)C1CC1. The van der Waals surface area contributed by atoms with Crippen LogP contribution in [0.25, 0.3) is 0 Å². The number of carbonyl (C=O) groups is 1. The Morgan fingerprint density at radius 3 is 2.80 bits per heavy atom. The minimum Gasteiger partial charge on any atom is -0.364 e. The molecule has 3 rings (SSSR count). The third-order valence-electron chi connectivity index (χ3n) is 4.03. The van der Waals surface area contributed by atoms with Crippen molar-refractivity contribution in [2.75, 3.05) is 24.5 Å². The molecule has 108 valence electrons. The van der Waals surface area contributed by atoms with Crippen LogP contribution >= 0.6 is 0 Å². The fraction of sp³-hybridized carbons (Fsp3) is 0.643. The number of hydrogen-bond donors (Lipinski definition) is 2. The number of amides is 1. The van der Waals surface area contributed by atoms with E-state index in [4.69, 9.17) is 5.73 Å². The highest BCUT2D eigenvalue weighted by Gasteiger charge is 2.34. The van der Waals surface area contributed by atoms with Gasteiger partial charge in [0, 0.05) is 25.0 Å². The summed E-state index contributed by atoms with van der Waals surface area (Å²) in [5.41, 5.74) is 5.72. The van der Waals surface area contributed by atoms with E-state index in [1.165, 1.54) is 19.0 Å². The summed E-state index contributed by atoms with van der Waals surface area (Å²) in [5, 5.41) is 3.43. The first-order valence-electron chi connectivity index (χ1n) is 7.34. The van der Waals surface area contributed by atoms with Crippen molar-refractivity contribution in [2.24, 2.45) is 11.7 Å². The first-order chi connectivity index (χ1) is 9.75. The van der Waals surface area contributed by atoms with Gasteiger partial charge in [-0.1, -0.05) is 0 Å². The van der Waals surface area contributed by atoms with Crippen LogP contribution in [0.3, 0.4) is 0 Å². The van der Waals surface area contributed by atoms with Crippen LogP contribution in [0.15, 0.2) is 12.4 Å². The molecule has 6 heteroatoms. The van der Waals surface area contributed by atoms with Crippen molar-refractivity contribution >= 4 is 11.7 Å². The van der Waals surface area contributed by atoms with Crippen molar-refractivity contribution in [3.8, 4) is 0 Å². The molecule has 3 N–H and O–H groups in total. The van der Waals surface area contributed by atoms with E-state index < -0.39 is 5.91 Å². The van der Waals surface area contributed by atoms with E-state index in [9.17, 15) is 4.79 Å². The van der Waals surface area contributed by atoms with E-state index in [-0.39, 0.29) is 0 Å². The van der Waals surface area contributed by atoms with Crippen LogP contribution in [0.1, 0.15) is 36.2 Å². The lowest BCUT2D eigenvalue weighted by Gasteiger charge is -2.31. The lowest BCUT2D eigenvalue weighted by molar-refractivity contribution is 0.0995. The summed E-state index contributed by atoms with van der Waals surface area (Å²) in [6.45, 7) is 3.07. The van der Waals surface area contributed by atoms with Gasteiger partial charge in [-0.15, -0.1) is 0 Å². The Labute approximate surface area is 118 Å².